The van der Waals surface area contributed by atoms with Gasteiger partial charge in [0.1, 0.15) is 0 Å². The van der Waals surface area contributed by atoms with Crippen molar-refractivity contribution in [2.75, 3.05) is 26.4 Å². The van der Waals surface area contributed by atoms with Crippen LogP contribution in [0.3, 0.4) is 0 Å². The predicted molar refractivity (Wildman–Crippen MR) is 58.0 cm³/mol. The summed E-state index contributed by atoms with van der Waals surface area (Å²) < 4.78 is 23.0. The lowest BCUT2D eigenvalue weighted by Gasteiger charge is -2.28. The topological polar surface area (TPSA) is 63.4 Å². The van der Waals surface area contributed by atoms with Crippen molar-refractivity contribution in [1.29, 1.82) is 0 Å². The molecule has 4 nitrogen and oxygen atoms in total. The van der Waals surface area contributed by atoms with E-state index in [-0.39, 0.29) is 11.3 Å². The minimum Gasteiger partial charge on any atom is -0.329 e. The van der Waals surface area contributed by atoms with Crippen LogP contribution in [0.15, 0.2) is 0 Å². The fourth-order valence-electron chi connectivity index (χ4n) is 2.28. The fourth-order valence-corrected chi connectivity index (χ4v) is 3.79. The first-order chi connectivity index (χ1) is 6.46. The molecule has 0 aliphatic heterocycles. The van der Waals surface area contributed by atoms with Gasteiger partial charge >= 0.3 is 0 Å². The lowest BCUT2D eigenvalue weighted by atomic mass is 10.2. The largest absolute Gasteiger partial charge is 0.329 e. The standard InChI is InChI=1S/C9H20N2O2S/c1-11(7-6-10)8-4-3-5-9(8)14(2,12)13/h8-9H,3-7,10H2,1-2H3. The van der Waals surface area contributed by atoms with Crippen molar-refractivity contribution in [3.63, 3.8) is 0 Å². The average molecular weight is 220 g/mol. The number of sulfone groups is 1. The van der Waals surface area contributed by atoms with E-state index in [1.54, 1.807) is 0 Å². The second-order valence-corrected chi connectivity index (χ2v) is 6.40. The van der Waals surface area contributed by atoms with E-state index in [1.165, 1.54) is 6.26 Å². The van der Waals surface area contributed by atoms with E-state index in [9.17, 15) is 8.42 Å². The SMILES string of the molecule is CN(CCN)C1CCCC1S(C)(=O)=O. The smallest absolute Gasteiger partial charge is 0.151 e. The molecule has 0 aromatic carbocycles. The summed E-state index contributed by atoms with van der Waals surface area (Å²) in [6.07, 6.45) is 4.14. The molecule has 1 saturated carbocycles. The first-order valence-electron chi connectivity index (χ1n) is 5.06. The van der Waals surface area contributed by atoms with Gasteiger partial charge in [0.2, 0.25) is 0 Å². The first-order valence-corrected chi connectivity index (χ1v) is 7.01. The molecular weight excluding hydrogens is 200 g/mol. The van der Waals surface area contributed by atoms with Crippen molar-refractivity contribution >= 4 is 9.84 Å². The van der Waals surface area contributed by atoms with Crippen molar-refractivity contribution in [2.45, 2.75) is 30.6 Å². The molecule has 2 atom stereocenters. The quantitative estimate of drug-likeness (QED) is 0.715. The van der Waals surface area contributed by atoms with Crippen LogP contribution in [0.2, 0.25) is 0 Å². The third-order valence-electron chi connectivity index (χ3n) is 3.02. The molecule has 84 valence electrons. The zero-order chi connectivity index (χ0) is 10.8. The summed E-state index contributed by atoms with van der Waals surface area (Å²) in [7, 11) is -0.938. The molecule has 14 heavy (non-hydrogen) atoms. The monoisotopic (exact) mass is 220 g/mol. The number of rotatable bonds is 4. The predicted octanol–water partition coefficient (Wildman–Crippen LogP) is -0.157. The molecule has 0 heterocycles. The summed E-state index contributed by atoms with van der Waals surface area (Å²) in [6, 6.07) is 0.175. The third kappa shape index (κ3) is 2.68. The van der Waals surface area contributed by atoms with Crippen LogP contribution in [0, 0.1) is 0 Å². The van der Waals surface area contributed by atoms with Crippen LogP contribution in [0.25, 0.3) is 0 Å². The molecule has 0 saturated heterocycles. The van der Waals surface area contributed by atoms with E-state index in [4.69, 9.17) is 5.73 Å². The normalized spacial score (nSPS) is 28.6. The molecule has 1 rings (SSSR count). The van der Waals surface area contributed by atoms with Gasteiger partial charge in [-0.3, -0.25) is 0 Å². The van der Waals surface area contributed by atoms with Gasteiger partial charge in [-0.2, -0.15) is 0 Å². The summed E-state index contributed by atoms with van der Waals surface area (Å²) >= 11 is 0. The zero-order valence-corrected chi connectivity index (χ0v) is 9.76. The van der Waals surface area contributed by atoms with Crippen molar-refractivity contribution in [3.05, 3.63) is 0 Å². The molecule has 1 aliphatic carbocycles. The average Bonchev–Trinajstić information content (AvgIpc) is 2.50. The van der Waals surface area contributed by atoms with E-state index in [1.807, 2.05) is 7.05 Å². The van der Waals surface area contributed by atoms with Gasteiger partial charge in [0, 0.05) is 25.4 Å². The van der Waals surface area contributed by atoms with Crippen LogP contribution in [0.1, 0.15) is 19.3 Å². The number of hydrogen-bond donors (Lipinski definition) is 1. The summed E-state index contributed by atoms with van der Waals surface area (Å²) in [5.74, 6) is 0. The van der Waals surface area contributed by atoms with Gasteiger partial charge in [-0.15, -0.1) is 0 Å². The number of nitrogens with zero attached hydrogens (tertiary/aromatic N) is 1. The molecule has 1 aliphatic rings. The fraction of sp³-hybridized carbons (Fsp3) is 1.00. The van der Waals surface area contributed by atoms with Gasteiger partial charge in [-0.1, -0.05) is 6.42 Å². The van der Waals surface area contributed by atoms with Crippen LogP contribution in [-0.2, 0) is 9.84 Å². The Morgan fingerprint density at radius 1 is 1.43 bits per heavy atom. The molecule has 0 aromatic heterocycles. The number of hydrogen-bond acceptors (Lipinski definition) is 4. The van der Waals surface area contributed by atoms with E-state index in [0.29, 0.717) is 6.54 Å². The summed E-state index contributed by atoms with van der Waals surface area (Å²) in [4.78, 5) is 2.08. The number of nitrogens with two attached hydrogens (primary N) is 1. The molecule has 0 spiro atoms. The van der Waals surface area contributed by atoms with Crippen molar-refractivity contribution in [2.24, 2.45) is 5.73 Å². The zero-order valence-electron chi connectivity index (χ0n) is 8.94. The van der Waals surface area contributed by atoms with Crippen molar-refractivity contribution in [1.82, 2.24) is 4.90 Å². The molecule has 0 radical (unpaired) electrons. The second kappa shape index (κ2) is 4.59. The second-order valence-electron chi connectivity index (χ2n) is 4.14. The third-order valence-corrected chi connectivity index (χ3v) is 4.67. The van der Waals surface area contributed by atoms with Crippen molar-refractivity contribution in [3.8, 4) is 0 Å². The van der Waals surface area contributed by atoms with Crippen LogP contribution in [0.4, 0.5) is 0 Å². The van der Waals surface area contributed by atoms with E-state index in [2.05, 4.69) is 4.90 Å². The Balaban J connectivity index is 2.69. The van der Waals surface area contributed by atoms with E-state index in [0.717, 1.165) is 25.8 Å². The molecule has 2 unspecified atom stereocenters. The lowest BCUT2D eigenvalue weighted by molar-refractivity contribution is 0.253. The Morgan fingerprint density at radius 3 is 2.57 bits per heavy atom. The maximum Gasteiger partial charge on any atom is 0.151 e. The summed E-state index contributed by atoms with van der Waals surface area (Å²) in [5, 5.41) is -0.181. The highest BCUT2D eigenvalue weighted by atomic mass is 32.2. The Morgan fingerprint density at radius 2 is 2.07 bits per heavy atom. The Labute approximate surface area is 86.4 Å². The highest BCUT2D eigenvalue weighted by Gasteiger charge is 2.36. The molecule has 0 aromatic rings. The summed E-state index contributed by atoms with van der Waals surface area (Å²) in [6.45, 7) is 1.36. The van der Waals surface area contributed by atoms with Crippen LogP contribution in [-0.4, -0.2) is 51.0 Å². The van der Waals surface area contributed by atoms with Crippen LogP contribution >= 0.6 is 0 Å². The highest BCUT2D eigenvalue weighted by molar-refractivity contribution is 7.91. The molecule has 0 amide bonds. The Bertz CT molecular complexity index is 277. The van der Waals surface area contributed by atoms with E-state index >= 15 is 0 Å². The molecule has 5 heteroatoms. The summed E-state index contributed by atoms with van der Waals surface area (Å²) in [5.41, 5.74) is 5.46. The maximum atomic E-state index is 11.5. The molecular formula is C9H20N2O2S. The molecule has 1 fully saturated rings. The van der Waals surface area contributed by atoms with Gasteiger partial charge in [-0.25, -0.2) is 8.42 Å². The molecule has 0 bridgehead atoms. The van der Waals surface area contributed by atoms with Gasteiger partial charge in [0.15, 0.2) is 9.84 Å². The van der Waals surface area contributed by atoms with Gasteiger partial charge < -0.3 is 10.6 Å². The Kier molecular flexibility index (Phi) is 3.92. The highest BCUT2D eigenvalue weighted by Crippen LogP contribution is 2.28. The van der Waals surface area contributed by atoms with Crippen molar-refractivity contribution < 1.29 is 8.42 Å². The maximum absolute atomic E-state index is 11.5. The van der Waals surface area contributed by atoms with E-state index < -0.39 is 9.84 Å². The van der Waals surface area contributed by atoms with Crippen LogP contribution < -0.4 is 5.73 Å². The minimum atomic E-state index is -2.90. The number of likely N-dealkylation sites (N-methyl/N-ethyl adjacent to an activating group) is 1. The minimum absolute atomic E-state index is 0.175. The van der Waals surface area contributed by atoms with Gasteiger partial charge in [-0.05, 0) is 19.9 Å². The van der Waals surface area contributed by atoms with Crippen LogP contribution in [0.5, 0.6) is 0 Å². The Hall–Kier alpha value is -0.130. The van der Waals surface area contributed by atoms with Gasteiger partial charge in [0.05, 0.1) is 5.25 Å². The van der Waals surface area contributed by atoms with Gasteiger partial charge in [0.25, 0.3) is 0 Å². The first kappa shape index (κ1) is 11.9. The lowest BCUT2D eigenvalue weighted by Crippen LogP contribution is -2.43. The molecule has 2 N–H and O–H groups in total.